The molecular formula is C22H33N3O2. The number of carbonyl (C=O) groups excluding carboxylic acids is 1. The molecular weight excluding hydrogens is 338 g/mol. The van der Waals surface area contributed by atoms with E-state index in [1.54, 1.807) is 0 Å². The Kier molecular flexibility index (Phi) is 5.69. The Morgan fingerprint density at radius 2 is 2.11 bits per heavy atom. The molecule has 1 aliphatic carbocycles. The molecule has 5 heteroatoms. The highest BCUT2D eigenvalue weighted by atomic mass is 16.5. The molecule has 3 atom stereocenters. The number of amides is 1. The zero-order valence-electron chi connectivity index (χ0n) is 16.7. The van der Waals surface area contributed by atoms with Gasteiger partial charge in [-0.1, -0.05) is 6.07 Å². The monoisotopic (exact) mass is 371 g/mol. The predicted octanol–water partition coefficient (Wildman–Crippen LogP) is 1.94. The normalized spacial score (nSPS) is 27.8. The van der Waals surface area contributed by atoms with Crippen LogP contribution >= 0.6 is 0 Å². The van der Waals surface area contributed by atoms with Gasteiger partial charge in [-0.05, 0) is 69.5 Å². The number of likely N-dealkylation sites (tertiary alicyclic amines) is 1. The molecule has 1 N–H and O–H groups in total. The van der Waals surface area contributed by atoms with Gasteiger partial charge in [-0.15, -0.1) is 0 Å². The van der Waals surface area contributed by atoms with Crippen molar-refractivity contribution in [3.05, 3.63) is 29.3 Å². The van der Waals surface area contributed by atoms with Crippen molar-refractivity contribution in [2.75, 3.05) is 46.9 Å². The Hall–Kier alpha value is -1.59. The van der Waals surface area contributed by atoms with Crippen LogP contribution in [0.5, 0.6) is 5.75 Å². The first-order valence-corrected chi connectivity index (χ1v) is 10.5. The Bertz CT molecular complexity index is 676. The number of ether oxygens (including phenoxy) is 1. The summed E-state index contributed by atoms with van der Waals surface area (Å²) >= 11 is 0. The Labute approximate surface area is 163 Å². The lowest BCUT2D eigenvalue weighted by Gasteiger charge is -2.32. The highest BCUT2D eigenvalue weighted by molar-refractivity contribution is 5.79. The van der Waals surface area contributed by atoms with Gasteiger partial charge < -0.3 is 19.9 Å². The van der Waals surface area contributed by atoms with Crippen molar-refractivity contribution in [3.63, 3.8) is 0 Å². The smallest absolute Gasteiger partial charge is 0.227 e. The summed E-state index contributed by atoms with van der Waals surface area (Å²) in [6, 6.07) is 7.04. The number of rotatable bonds is 5. The number of nitrogens with one attached hydrogen (secondary N) is 1. The van der Waals surface area contributed by atoms with Crippen molar-refractivity contribution in [1.82, 2.24) is 15.1 Å². The van der Waals surface area contributed by atoms with Crippen LogP contribution in [0.25, 0.3) is 0 Å². The number of fused-ring (bicyclic) bond motifs is 1. The average molecular weight is 372 g/mol. The first-order chi connectivity index (χ1) is 13.1. The van der Waals surface area contributed by atoms with E-state index in [9.17, 15) is 4.79 Å². The van der Waals surface area contributed by atoms with E-state index in [4.69, 9.17) is 4.74 Å². The fourth-order valence-corrected chi connectivity index (χ4v) is 4.82. The van der Waals surface area contributed by atoms with Crippen molar-refractivity contribution >= 4 is 5.91 Å². The van der Waals surface area contributed by atoms with Crippen LogP contribution in [-0.4, -0.2) is 68.6 Å². The summed E-state index contributed by atoms with van der Waals surface area (Å²) in [5.74, 6) is 1.80. The molecule has 0 radical (unpaired) electrons. The van der Waals surface area contributed by atoms with Crippen LogP contribution in [0.3, 0.4) is 0 Å². The maximum atomic E-state index is 12.9. The third-order valence-corrected chi connectivity index (χ3v) is 6.55. The molecule has 2 aliphatic heterocycles. The number of piperidine rings is 1. The summed E-state index contributed by atoms with van der Waals surface area (Å²) in [5, 5.41) is 3.46. The molecule has 2 saturated heterocycles. The van der Waals surface area contributed by atoms with Crippen molar-refractivity contribution in [2.24, 2.45) is 11.8 Å². The van der Waals surface area contributed by atoms with E-state index in [1.165, 1.54) is 30.4 Å². The fourth-order valence-electron chi connectivity index (χ4n) is 4.82. The van der Waals surface area contributed by atoms with Crippen molar-refractivity contribution in [1.29, 1.82) is 0 Å². The molecule has 4 rings (SSSR count). The zero-order chi connectivity index (χ0) is 18.8. The van der Waals surface area contributed by atoms with Crippen LogP contribution in [0.1, 0.15) is 30.4 Å². The molecule has 5 nitrogen and oxygen atoms in total. The molecule has 0 aromatic heterocycles. The van der Waals surface area contributed by atoms with E-state index in [0.29, 0.717) is 24.5 Å². The van der Waals surface area contributed by atoms with E-state index in [0.717, 1.165) is 44.8 Å². The number of carbonyl (C=O) groups is 1. The molecule has 0 unspecified atom stereocenters. The minimum atomic E-state index is 0.0910. The molecule has 0 saturated carbocycles. The SMILES string of the molecule is CN(C)[C@@H]1CCN(C(=O)[C@H]2CNC[C@@H](COc3ccc4c(c3)CCC4)C2)C1. The third-order valence-electron chi connectivity index (χ3n) is 6.55. The minimum Gasteiger partial charge on any atom is -0.493 e. The van der Waals surface area contributed by atoms with Gasteiger partial charge in [0.15, 0.2) is 0 Å². The van der Waals surface area contributed by atoms with Gasteiger partial charge in [-0.3, -0.25) is 4.79 Å². The Balaban J connectivity index is 1.28. The van der Waals surface area contributed by atoms with Gasteiger partial charge in [-0.2, -0.15) is 0 Å². The summed E-state index contributed by atoms with van der Waals surface area (Å²) in [6.07, 6.45) is 5.67. The second-order valence-corrected chi connectivity index (χ2v) is 8.74. The fraction of sp³-hybridized carbons (Fsp3) is 0.682. The van der Waals surface area contributed by atoms with E-state index in [1.807, 2.05) is 0 Å². The zero-order valence-corrected chi connectivity index (χ0v) is 16.7. The Morgan fingerprint density at radius 1 is 1.26 bits per heavy atom. The first kappa shape index (κ1) is 18.8. The molecule has 1 aromatic carbocycles. The summed E-state index contributed by atoms with van der Waals surface area (Å²) in [5.41, 5.74) is 2.93. The van der Waals surface area contributed by atoms with E-state index in [-0.39, 0.29) is 5.92 Å². The highest BCUT2D eigenvalue weighted by Gasteiger charge is 2.34. The lowest BCUT2D eigenvalue weighted by Crippen LogP contribution is -2.46. The summed E-state index contributed by atoms with van der Waals surface area (Å²) < 4.78 is 6.10. The number of hydrogen-bond acceptors (Lipinski definition) is 4. The van der Waals surface area contributed by atoms with Gasteiger partial charge in [0.05, 0.1) is 12.5 Å². The van der Waals surface area contributed by atoms with Crippen LogP contribution in [0.15, 0.2) is 18.2 Å². The molecule has 0 spiro atoms. The third kappa shape index (κ3) is 4.30. The van der Waals surface area contributed by atoms with E-state index in [2.05, 4.69) is 47.4 Å². The van der Waals surface area contributed by atoms with Crippen molar-refractivity contribution in [3.8, 4) is 5.75 Å². The van der Waals surface area contributed by atoms with Gasteiger partial charge in [-0.25, -0.2) is 0 Å². The summed E-state index contributed by atoms with van der Waals surface area (Å²) in [4.78, 5) is 17.2. The number of benzene rings is 1. The minimum absolute atomic E-state index is 0.0910. The molecule has 1 aromatic rings. The van der Waals surface area contributed by atoms with Crippen LogP contribution in [0.2, 0.25) is 0 Å². The number of aryl methyl sites for hydroxylation is 2. The highest BCUT2D eigenvalue weighted by Crippen LogP contribution is 2.27. The van der Waals surface area contributed by atoms with Crippen LogP contribution in [-0.2, 0) is 17.6 Å². The molecule has 2 heterocycles. The largest absolute Gasteiger partial charge is 0.493 e. The number of hydrogen-bond donors (Lipinski definition) is 1. The second kappa shape index (κ2) is 8.19. The molecule has 148 valence electrons. The van der Waals surface area contributed by atoms with Crippen molar-refractivity contribution in [2.45, 2.75) is 38.1 Å². The molecule has 1 amide bonds. The molecule has 27 heavy (non-hydrogen) atoms. The lowest BCUT2D eigenvalue weighted by atomic mass is 9.90. The molecule has 3 aliphatic rings. The summed E-state index contributed by atoms with van der Waals surface area (Å²) in [7, 11) is 4.21. The quantitative estimate of drug-likeness (QED) is 0.859. The average Bonchev–Trinajstić information content (AvgIpc) is 3.35. The van der Waals surface area contributed by atoms with Crippen LogP contribution < -0.4 is 10.1 Å². The van der Waals surface area contributed by atoms with E-state index < -0.39 is 0 Å². The van der Waals surface area contributed by atoms with Gasteiger partial charge in [0.1, 0.15) is 5.75 Å². The van der Waals surface area contributed by atoms with Gasteiger partial charge >= 0.3 is 0 Å². The predicted molar refractivity (Wildman–Crippen MR) is 107 cm³/mol. The van der Waals surface area contributed by atoms with Gasteiger partial charge in [0.25, 0.3) is 0 Å². The standard InChI is InChI=1S/C22H33N3O2/c1-24(2)20-8-9-25(14-20)22(26)19-10-16(12-23-13-19)15-27-21-7-6-17-4-3-5-18(17)11-21/h6-7,11,16,19-20,23H,3-5,8-10,12-15H2,1-2H3/t16-,19+,20+/m0/s1. The van der Waals surface area contributed by atoms with Crippen LogP contribution in [0, 0.1) is 11.8 Å². The lowest BCUT2D eigenvalue weighted by molar-refractivity contribution is -0.135. The van der Waals surface area contributed by atoms with Crippen molar-refractivity contribution < 1.29 is 9.53 Å². The number of likely N-dealkylation sites (N-methyl/N-ethyl adjacent to an activating group) is 1. The van der Waals surface area contributed by atoms with Crippen LogP contribution in [0.4, 0.5) is 0 Å². The first-order valence-electron chi connectivity index (χ1n) is 10.5. The number of nitrogens with zero attached hydrogens (tertiary/aromatic N) is 2. The second-order valence-electron chi connectivity index (χ2n) is 8.74. The maximum absolute atomic E-state index is 12.9. The van der Waals surface area contributed by atoms with Gasteiger partial charge in [0.2, 0.25) is 5.91 Å². The molecule has 0 bridgehead atoms. The maximum Gasteiger partial charge on any atom is 0.227 e. The molecule has 2 fully saturated rings. The van der Waals surface area contributed by atoms with Gasteiger partial charge in [0, 0.05) is 38.1 Å². The summed E-state index contributed by atoms with van der Waals surface area (Å²) in [6.45, 7) is 4.20. The van der Waals surface area contributed by atoms with E-state index >= 15 is 0 Å². The Morgan fingerprint density at radius 3 is 2.93 bits per heavy atom. The topological polar surface area (TPSA) is 44.8 Å².